The summed E-state index contributed by atoms with van der Waals surface area (Å²) in [7, 11) is 0. The van der Waals surface area contributed by atoms with Gasteiger partial charge in [0.2, 0.25) is 0 Å². The minimum absolute atomic E-state index is 0.159. The highest BCUT2D eigenvalue weighted by molar-refractivity contribution is 5.48. The monoisotopic (exact) mass is 282 g/mol. The second-order valence-corrected chi connectivity index (χ2v) is 4.68. The zero-order valence-electron chi connectivity index (χ0n) is 12.6. The van der Waals surface area contributed by atoms with Crippen LogP contribution < -0.4 is 10.6 Å². The van der Waals surface area contributed by atoms with Crippen LogP contribution in [-0.2, 0) is 11.3 Å². The van der Waals surface area contributed by atoms with Gasteiger partial charge >= 0.3 is 0 Å². The fourth-order valence-electron chi connectivity index (χ4n) is 1.69. The molecule has 1 heterocycles. The van der Waals surface area contributed by atoms with E-state index in [0.29, 0.717) is 25.5 Å². The van der Waals surface area contributed by atoms with Crippen molar-refractivity contribution >= 4 is 11.6 Å². The maximum atomic E-state index is 8.95. The molecular formula is C14H26N4O2. The van der Waals surface area contributed by atoms with Crippen LogP contribution in [0.15, 0.2) is 6.07 Å². The summed E-state index contributed by atoms with van der Waals surface area (Å²) in [6.45, 7) is 8.14. The van der Waals surface area contributed by atoms with Gasteiger partial charge in [-0.3, -0.25) is 0 Å². The summed E-state index contributed by atoms with van der Waals surface area (Å²) in [5.41, 5.74) is 0. The third kappa shape index (κ3) is 6.16. The van der Waals surface area contributed by atoms with Gasteiger partial charge < -0.3 is 20.5 Å². The maximum Gasteiger partial charge on any atom is 0.158 e. The van der Waals surface area contributed by atoms with Gasteiger partial charge in [-0.1, -0.05) is 6.92 Å². The zero-order chi connectivity index (χ0) is 14.8. The minimum atomic E-state index is 0.159. The number of aliphatic hydroxyl groups is 1. The molecule has 1 atom stereocenters. The highest BCUT2D eigenvalue weighted by Crippen LogP contribution is 2.14. The molecule has 0 saturated carbocycles. The molecule has 1 aromatic rings. The van der Waals surface area contributed by atoms with Gasteiger partial charge in [-0.05, 0) is 26.7 Å². The van der Waals surface area contributed by atoms with Gasteiger partial charge in [-0.15, -0.1) is 0 Å². The van der Waals surface area contributed by atoms with E-state index >= 15 is 0 Å². The van der Waals surface area contributed by atoms with Gasteiger partial charge in [0, 0.05) is 31.9 Å². The first-order valence-corrected chi connectivity index (χ1v) is 7.26. The topological polar surface area (TPSA) is 79.3 Å². The van der Waals surface area contributed by atoms with Crippen molar-refractivity contribution in [2.45, 2.75) is 46.3 Å². The molecule has 6 heteroatoms. The molecule has 0 fully saturated rings. The van der Waals surface area contributed by atoms with Crippen molar-refractivity contribution in [3.05, 3.63) is 11.9 Å². The number of ether oxygens (including phenoxy) is 1. The molecule has 0 aromatic carbocycles. The second-order valence-electron chi connectivity index (χ2n) is 4.68. The summed E-state index contributed by atoms with van der Waals surface area (Å²) in [5.74, 6) is 2.22. The molecule has 1 aromatic heterocycles. The number of rotatable bonds is 10. The molecule has 0 amide bonds. The molecule has 0 aliphatic rings. The van der Waals surface area contributed by atoms with Crippen molar-refractivity contribution in [1.82, 2.24) is 9.97 Å². The summed E-state index contributed by atoms with van der Waals surface area (Å²) < 4.78 is 5.37. The SMILES string of the molecule is CCCNc1cc(NC(C)CCO)nc(COCC)n1. The first kappa shape index (κ1) is 16.7. The lowest BCUT2D eigenvalue weighted by molar-refractivity contribution is 0.128. The lowest BCUT2D eigenvalue weighted by Crippen LogP contribution is -2.18. The molecule has 6 nitrogen and oxygen atoms in total. The molecule has 20 heavy (non-hydrogen) atoms. The molecule has 1 unspecified atom stereocenters. The number of nitrogens with zero attached hydrogens (tertiary/aromatic N) is 2. The van der Waals surface area contributed by atoms with E-state index in [1.54, 1.807) is 0 Å². The fraction of sp³-hybridized carbons (Fsp3) is 0.714. The number of hydrogen-bond donors (Lipinski definition) is 3. The molecule has 3 N–H and O–H groups in total. The highest BCUT2D eigenvalue weighted by Gasteiger charge is 2.07. The van der Waals surface area contributed by atoms with Crippen molar-refractivity contribution in [3.63, 3.8) is 0 Å². The van der Waals surface area contributed by atoms with Gasteiger partial charge in [0.1, 0.15) is 18.2 Å². The molecular weight excluding hydrogens is 256 g/mol. The zero-order valence-corrected chi connectivity index (χ0v) is 12.6. The average Bonchev–Trinajstić information content (AvgIpc) is 2.43. The van der Waals surface area contributed by atoms with Crippen molar-refractivity contribution in [2.75, 3.05) is 30.4 Å². The van der Waals surface area contributed by atoms with Crippen molar-refractivity contribution in [3.8, 4) is 0 Å². The van der Waals surface area contributed by atoms with Crippen molar-refractivity contribution < 1.29 is 9.84 Å². The summed E-state index contributed by atoms with van der Waals surface area (Å²) >= 11 is 0. The van der Waals surface area contributed by atoms with E-state index in [1.165, 1.54) is 0 Å². The summed E-state index contributed by atoms with van der Waals surface area (Å²) in [4.78, 5) is 8.86. The molecule has 0 saturated heterocycles. The van der Waals surface area contributed by atoms with E-state index in [4.69, 9.17) is 9.84 Å². The van der Waals surface area contributed by atoms with E-state index < -0.39 is 0 Å². The molecule has 1 rings (SSSR count). The van der Waals surface area contributed by atoms with Gasteiger partial charge in [0.15, 0.2) is 5.82 Å². The third-order valence-electron chi connectivity index (χ3n) is 2.72. The van der Waals surface area contributed by atoms with Crippen LogP contribution in [0.5, 0.6) is 0 Å². The Hall–Kier alpha value is -1.40. The van der Waals surface area contributed by atoms with Crippen LogP contribution in [0, 0.1) is 0 Å². The minimum Gasteiger partial charge on any atom is -0.396 e. The van der Waals surface area contributed by atoms with Crippen LogP contribution in [0.2, 0.25) is 0 Å². The highest BCUT2D eigenvalue weighted by atomic mass is 16.5. The van der Waals surface area contributed by atoms with E-state index in [1.807, 2.05) is 19.9 Å². The Balaban J connectivity index is 2.78. The van der Waals surface area contributed by atoms with Crippen molar-refractivity contribution in [1.29, 1.82) is 0 Å². The molecule has 0 spiro atoms. The predicted octanol–water partition coefficient (Wildman–Crippen LogP) is 2.02. The van der Waals surface area contributed by atoms with Crippen molar-refractivity contribution in [2.24, 2.45) is 0 Å². The number of anilines is 2. The summed E-state index contributed by atoms with van der Waals surface area (Å²) in [6, 6.07) is 2.05. The van der Waals surface area contributed by atoms with E-state index in [2.05, 4.69) is 27.5 Å². The Morgan fingerprint density at radius 2 is 2.05 bits per heavy atom. The molecule has 0 aliphatic carbocycles. The first-order chi connectivity index (χ1) is 9.69. The Kier molecular flexibility index (Phi) is 7.91. The third-order valence-corrected chi connectivity index (χ3v) is 2.72. The van der Waals surface area contributed by atoms with Gasteiger partial charge in [0.05, 0.1) is 0 Å². The Morgan fingerprint density at radius 1 is 1.30 bits per heavy atom. The molecule has 0 aliphatic heterocycles. The lowest BCUT2D eigenvalue weighted by atomic mass is 10.2. The average molecular weight is 282 g/mol. The standard InChI is InChI=1S/C14H26N4O2/c1-4-7-15-12-9-13(16-11(3)6-8-19)18-14(17-12)10-20-5-2/h9,11,19H,4-8,10H2,1-3H3,(H2,15,16,17,18). The largest absolute Gasteiger partial charge is 0.396 e. The number of nitrogens with one attached hydrogen (secondary N) is 2. The van der Waals surface area contributed by atoms with Gasteiger partial charge in [0.25, 0.3) is 0 Å². The smallest absolute Gasteiger partial charge is 0.158 e. The predicted molar refractivity (Wildman–Crippen MR) is 80.9 cm³/mol. The normalized spacial score (nSPS) is 12.2. The number of aromatic nitrogens is 2. The van der Waals surface area contributed by atoms with Crippen LogP contribution in [0.25, 0.3) is 0 Å². The van der Waals surface area contributed by atoms with E-state index in [9.17, 15) is 0 Å². The van der Waals surface area contributed by atoms with Crippen LogP contribution >= 0.6 is 0 Å². The number of hydrogen-bond acceptors (Lipinski definition) is 6. The first-order valence-electron chi connectivity index (χ1n) is 7.26. The summed E-state index contributed by atoms with van der Waals surface area (Å²) in [5, 5.41) is 15.5. The van der Waals surface area contributed by atoms with Gasteiger partial charge in [-0.25, -0.2) is 9.97 Å². The second kappa shape index (κ2) is 9.50. The van der Waals surface area contributed by atoms with E-state index in [-0.39, 0.29) is 12.6 Å². The number of aliphatic hydroxyl groups excluding tert-OH is 1. The lowest BCUT2D eigenvalue weighted by Gasteiger charge is -2.15. The van der Waals surface area contributed by atoms with Crippen LogP contribution in [0.1, 0.15) is 39.4 Å². The van der Waals surface area contributed by atoms with E-state index in [0.717, 1.165) is 24.6 Å². The molecule has 0 bridgehead atoms. The quantitative estimate of drug-likeness (QED) is 0.609. The Bertz CT molecular complexity index is 361. The fourth-order valence-corrected chi connectivity index (χ4v) is 1.69. The maximum absolute atomic E-state index is 8.95. The van der Waals surface area contributed by atoms with Crippen LogP contribution in [0.3, 0.4) is 0 Å². The molecule has 0 radical (unpaired) electrons. The summed E-state index contributed by atoms with van der Waals surface area (Å²) in [6.07, 6.45) is 1.72. The van der Waals surface area contributed by atoms with Gasteiger partial charge in [-0.2, -0.15) is 0 Å². The Morgan fingerprint density at radius 3 is 2.70 bits per heavy atom. The van der Waals surface area contributed by atoms with Crippen LogP contribution in [-0.4, -0.2) is 40.9 Å². The Labute approximate surface area is 121 Å². The van der Waals surface area contributed by atoms with Crippen LogP contribution in [0.4, 0.5) is 11.6 Å². The molecule has 114 valence electrons.